The molecule has 0 N–H and O–H groups in total. The molecule has 1 aliphatic heterocycles. The molecule has 1 saturated heterocycles. The van der Waals surface area contributed by atoms with E-state index in [0.717, 1.165) is 44.0 Å². The molecule has 0 amide bonds. The molecule has 0 spiro atoms. The fourth-order valence-electron chi connectivity index (χ4n) is 3.62. The number of carbonyl (C=O) groups excluding carboxylic acids is 1. The predicted molar refractivity (Wildman–Crippen MR) is 116 cm³/mol. The van der Waals surface area contributed by atoms with Gasteiger partial charge in [0.1, 0.15) is 11.5 Å². The molecule has 8 heteroatoms. The molecule has 0 atom stereocenters. The Kier molecular flexibility index (Phi) is 7.97. The lowest BCUT2D eigenvalue weighted by atomic mass is 10.1. The van der Waals surface area contributed by atoms with E-state index in [1.165, 1.54) is 0 Å². The highest BCUT2D eigenvalue weighted by molar-refractivity contribution is 5.74. The van der Waals surface area contributed by atoms with Gasteiger partial charge in [-0.3, -0.25) is 14.6 Å². The summed E-state index contributed by atoms with van der Waals surface area (Å²) in [6.45, 7) is 4.24. The summed E-state index contributed by atoms with van der Waals surface area (Å²) in [7, 11) is 6.44. The minimum Gasteiger partial charge on any atom is -0.497 e. The Morgan fingerprint density at radius 1 is 0.742 bits per heavy atom. The number of nitrogens with zero attached hydrogens (tertiary/aromatic N) is 2. The quantitative estimate of drug-likeness (QED) is 0.444. The number of esters is 1. The summed E-state index contributed by atoms with van der Waals surface area (Å²) in [5.74, 6) is 2.91. The molecule has 0 aliphatic carbocycles. The molecule has 1 heterocycles. The van der Waals surface area contributed by atoms with Gasteiger partial charge in [-0.25, -0.2) is 0 Å². The molecular weight excluding hydrogens is 400 g/mol. The summed E-state index contributed by atoms with van der Waals surface area (Å²) in [6.07, 6.45) is 0. The summed E-state index contributed by atoms with van der Waals surface area (Å²) in [5.41, 5.74) is 1.03. The molecular formula is C23H30N2O6. The van der Waals surface area contributed by atoms with Crippen LogP contribution in [0, 0.1) is 0 Å². The van der Waals surface area contributed by atoms with Gasteiger partial charge in [-0.15, -0.1) is 0 Å². The fourth-order valence-corrected chi connectivity index (χ4v) is 3.62. The van der Waals surface area contributed by atoms with Crippen molar-refractivity contribution in [1.82, 2.24) is 9.80 Å². The minimum atomic E-state index is -0.264. The topological polar surface area (TPSA) is 69.7 Å². The first-order chi connectivity index (χ1) is 15.1. The van der Waals surface area contributed by atoms with Gasteiger partial charge >= 0.3 is 5.97 Å². The number of benzene rings is 2. The highest BCUT2D eigenvalue weighted by atomic mass is 16.5. The SMILES string of the molecule is COc1ccc(OC(=O)CN2CCN(Cc3ccc(OC)c(OC)c3OC)CC2)cc1. The van der Waals surface area contributed by atoms with Gasteiger partial charge in [0.15, 0.2) is 11.5 Å². The zero-order chi connectivity index (χ0) is 22.2. The maximum absolute atomic E-state index is 12.3. The molecule has 168 valence electrons. The Labute approximate surface area is 183 Å². The number of methoxy groups -OCH3 is 4. The number of carbonyl (C=O) groups is 1. The van der Waals surface area contributed by atoms with Crippen LogP contribution in [0.15, 0.2) is 36.4 Å². The van der Waals surface area contributed by atoms with E-state index < -0.39 is 0 Å². The van der Waals surface area contributed by atoms with Crippen molar-refractivity contribution in [1.29, 1.82) is 0 Å². The fraction of sp³-hybridized carbons (Fsp3) is 0.435. The van der Waals surface area contributed by atoms with Crippen LogP contribution in [0.3, 0.4) is 0 Å². The molecule has 3 rings (SSSR count). The van der Waals surface area contributed by atoms with Crippen molar-refractivity contribution >= 4 is 5.97 Å². The van der Waals surface area contributed by atoms with Crippen LogP contribution in [-0.4, -0.2) is 76.9 Å². The molecule has 0 saturated carbocycles. The number of hydrogen-bond acceptors (Lipinski definition) is 8. The van der Waals surface area contributed by atoms with Gasteiger partial charge < -0.3 is 23.7 Å². The van der Waals surface area contributed by atoms with E-state index in [0.29, 0.717) is 23.0 Å². The first-order valence-corrected chi connectivity index (χ1v) is 10.1. The van der Waals surface area contributed by atoms with Gasteiger partial charge in [-0.1, -0.05) is 6.07 Å². The summed E-state index contributed by atoms with van der Waals surface area (Å²) >= 11 is 0. The van der Waals surface area contributed by atoms with Crippen LogP contribution in [0.5, 0.6) is 28.7 Å². The maximum Gasteiger partial charge on any atom is 0.325 e. The summed E-state index contributed by atoms with van der Waals surface area (Å²) in [5, 5.41) is 0. The molecule has 1 fully saturated rings. The van der Waals surface area contributed by atoms with Crippen LogP contribution < -0.4 is 23.7 Å². The molecule has 0 bridgehead atoms. The van der Waals surface area contributed by atoms with E-state index in [1.807, 2.05) is 12.1 Å². The smallest absolute Gasteiger partial charge is 0.325 e. The Balaban J connectivity index is 1.51. The van der Waals surface area contributed by atoms with Gasteiger partial charge in [0.2, 0.25) is 5.75 Å². The lowest BCUT2D eigenvalue weighted by Crippen LogP contribution is -2.48. The Morgan fingerprint density at radius 2 is 1.35 bits per heavy atom. The van der Waals surface area contributed by atoms with Crippen molar-refractivity contribution in [2.75, 3.05) is 61.2 Å². The van der Waals surface area contributed by atoms with Crippen molar-refractivity contribution in [2.45, 2.75) is 6.54 Å². The predicted octanol–water partition coefficient (Wildman–Crippen LogP) is 2.44. The Bertz CT molecular complexity index is 863. The van der Waals surface area contributed by atoms with Crippen LogP contribution in [0.25, 0.3) is 0 Å². The van der Waals surface area contributed by atoms with E-state index in [1.54, 1.807) is 52.7 Å². The van der Waals surface area contributed by atoms with Crippen molar-refractivity contribution < 1.29 is 28.5 Å². The second-order valence-corrected chi connectivity index (χ2v) is 7.20. The van der Waals surface area contributed by atoms with Gasteiger partial charge in [-0.05, 0) is 30.3 Å². The van der Waals surface area contributed by atoms with E-state index in [9.17, 15) is 4.79 Å². The van der Waals surface area contributed by atoms with Gasteiger partial charge in [-0.2, -0.15) is 0 Å². The van der Waals surface area contributed by atoms with Crippen molar-refractivity contribution in [3.63, 3.8) is 0 Å². The number of rotatable bonds is 9. The minimum absolute atomic E-state index is 0.263. The summed E-state index contributed by atoms with van der Waals surface area (Å²) in [6, 6.07) is 10.9. The zero-order valence-corrected chi connectivity index (χ0v) is 18.6. The molecule has 1 aliphatic rings. The van der Waals surface area contributed by atoms with Gasteiger partial charge in [0, 0.05) is 38.3 Å². The number of piperazine rings is 1. The average molecular weight is 431 g/mol. The molecule has 2 aromatic rings. The molecule has 0 unspecified atom stereocenters. The number of ether oxygens (including phenoxy) is 5. The second kappa shape index (κ2) is 10.9. The standard InChI is InChI=1S/C23H30N2O6/c1-27-18-6-8-19(9-7-18)31-21(26)16-25-13-11-24(12-14-25)15-17-5-10-20(28-2)23(30-4)22(17)29-3/h5-10H,11-16H2,1-4H3. The lowest BCUT2D eigenvalue weighted by molar-refractivity contribution is -0.136. The molecule has 8 nitrogen and oxygen atoms in total. The van der Waals surface area contributed by atoms with E-state index in [4.69, 9.17) is 23.7 Å². The van der Waals surface area contributed by atoms with Crippen LogP contribution in [0.1, 0.15) is 5.56 Å². The maximum atomic E-state index is 12.3. The highest BCUT2D eigenvalue weighted by Crippen LogP contribution is 2.40. The van der Waals surface area contributed by atoms with Crippen LogP contribution >= 0.6 is 0 Å². The third-order valence-corrected chi connectivity index (χ3v) is 5.29. The molecule has 0 radical (unpaired) electrons. The first kappa shape index (κ1) is 22.7. The molecule has 2 aromatic carbocycles. The van der Waals surface area contributed by atoms with Crippen LogP contribution in [-0.2, 0) is 11.3 Å². The van der Waals surface area contributed by atoms with E-state index in [-0.39, 0.29) is 12.5 Å². The third-order valence-electron chi connectivity index (χ3n) is 5.29. The summed E-state index contributed by atoms with van der Waals surface area (Å²) in [4.78, 5) is 16.7. The van der Waals surface area contributed by atoms with Crippen LogP contribution in [0.4, 0.5) is 0 Å². The van der Waals surface area contributed by atoms with E-state index in [2.05, 4.69) is 9.80 Å². The summed E-state index contributed by atoms with van der Waals surface area (Å²) < 4.78 is 27.0. The Morgan fingerprint density at radius 3 is 1.94 bits per heavy atom. The number of hydrogen-bond donors (Lipinski definition) is 0. The van der Waals surface area contributed by atoms with Gasteiger partial charge in [0.05, 0.1) is 35.0 Å². The van der Waals surface area contributed by atoms with E-state index >= 15 is 0 Å². The highest BCUT2D eigenvalue weighted by Gasteiger charge is 2.22. The van der Waals surface area contributed by atoms with Crippen molar-refractivity contribution in [3.8, 4) is 28.7 Å². The molecule has 0 aromatic heterocycles. The third kappa shape index (κ3) is 5.80. The monoisotopic (exact) mass is 430 g/mol. The zero-order valence-electron chi connectivity index (χ0n) is 18.6. The van der Waals surface area contributed by atoms with Crippen LogP contribution in [0.2, 0.25) is 0 Å². The molecule has 31 heavy (non-hydrogen) atoms. The van der Waals surface area contributed by atoms with Crippen molar-refractivity contribution in [3.05, 3.63) is 42.0 Å². The second-order valence-electron chi connectivity index (χ2n) is 7.20. The average Bonchev–Trinajstić information content (AvgIpc) is 2.80. The normalized spacial score (nSPS) is 14.7. The first-order valence-electron chi connectivity index (χ1n) is 10.1. The van der Waals surface area contributed by atoms with Crippen molar-refractivity contribution in [2.24, 2.45) is 0 Å². The largest absolute Gasteiger partial charge is 0.497 e. The lowest BCUT2D eigenvalue weighted by Gasteiger charge is -2.34. The Hall–Kier alpha value is -2.97. The van der Waals surface area contributed by atoms with Gasteiger partial charge in [0.25, 0.3) is 0 Å².